The molecule has 132 valence electrons. The number of phenolic OH excluding ortho intramolecular Hbond substituents is 1. The van der Waals surface area contributed by atoms with E-state index in [-0.39, 0.29) is 15.1 Å². The molecule has 3 rings (SSSR count). The van der Waals surface area contributed by atoms with Crippen molar-refractivity contribution in [1.29, 1.82) is 0 Å². The maximum absolute atomic E-state index is 12.5. The highest BCUT2D eigenvalue weighted by Gasteiger charge is 2.33. The lowest BCUT2D eigenvalue weighted by molar-refractivity contribution is -0.123. The Labute approximate surface area is 168 Å². The standard InChI is InChI=1S/C17H10Cl2N2O3S2/c18-11-4-2-10(3-5-11)15(23)20-21-16(24)14(26-17(21)25)8-9-1-6-13(22)12(19)7-9/h1-8,22H,(H,20,23)/b14-8+. The molecular formula is C17H10Cl2N2O3S2. The largest absolute Gasteiger partial charge is 0.506 e. The number of amides is 2. The van der Waals surface area contributed by atoms with E-state index in [2.05, 4.69) is 5.43 Å². The third-order valence-corrected chi connectivity index (χ3v) is 5.24. The monoisotopic (exact) mass is 424 g/mol. The van der Waals surface area contributed by atoms with E-state index in [1.54, 1.807) is 36.4 Å². The van der Waals surface area contributed by atoms with E-state index in [0.717, 1.165) is 16.8 Å². The molecule has 2 aromatic carbocycles. The molecule has 2 aromatic rings. The van der Waals surface area contributed by atoms with Gasteiger partial charge in [0.15, 0.2) is 4.32 Å². The van der Waals surface area contributed by atoms with Crippen molar-refractivity contribution in [2.45, 2.75) is 0 Å². The van der Waals surface area contributed by atoms with E-state index >= 15 is 0 Å². The molecule has 0 unspecified atom stereocenters. The lowest BCUT2D eigenvalue weighted by atomic mass is 10.2. The zero-order valence-electron chi connectivity index (χ0n) is 12.9. The lowest BCUT2D eigenvalue weighted by Crippen LogP contribution is -2.44. The Bertz CT molecular complexity index is 946. The summed E-state index contributed by atoms with van der Waals surface area (Å²) in [4.78, 5) is 25.1. The number of hydrogen-bond acceptors (Lipinski definition) is 5. The maximum atomic E-state index is 12.5. The summed E-state index contributed by atoms with van der Waals surface area (Å²) in [6, 6.07) is 10.8. The van der Waals surface area contributed by atoms with Crippen molar-refractivity contribution in [2.75, 3.05) is 0 Å². The van der Waals surface area contributed by atoms with Crippen molar-refractivity contribution in [1.82, 2.24) is 10.4 Å². The number of thioether (sulfide) groups is 1. The number of nitrogens with zero attached hydrogens (tertiary/aromatic N) is 1. The number of hydrogen-bond donors (Lipinski definition) is 2. The molecule has 1 fully saturated rings. The van der Waals surface area contributed by atoms with E-state index in [0.29, 0.717) is 21.1 Å². The lowest BCUT2D eigenvalue weighted by Gasteiger charge is -2.15. The number of hydrazine groups is 1. The molecule has 0 spiro atoms. The SMILES string of the molecule is O=C(NN1C(=O)/C(=C\c2ccc(O)c(Cl)c2)SC1=S)c1ccc(Cl)cc1. The van der Waals surface area contributed by atoms with Crippen LogP contribution in [-0.4, -0.2) is 26.3 Å². The highest BCUT2D eigenvalue weighted by molar-refractivity contribution is 8.26. The molecule has 0 radical (unpaired) electrons. The Morgan fingerprint density at radius 3 is 2.54 bits per heavy atom. The molecule has 1 heterocycles. The molecule has 0 atom stereocenters. The highest BCUT2D eigenvalue weighted by atomic mass is 35.5. The van der Waals surface area contributed by atoms with E-state index in [4.69, 9.17) is 35.4 Å². The fourth-order valence-corrected chi connectivity index (χ4v) is 3.59. The van der Waals surface area contributed by atoms with Crippen LogP contribution in [0.1, 0.15) is 15.9 Å². The third-order valence-electron chi connectivity index (χ3n) is 3.38. The minimum absolute atomic E-state index is 0.0495. The Morgan fingerprint density at radius 2 is 1.88 bits per heavy atom. The van der Waals surface area contributed by atoms with Crippen LogP contribution >= 0.6 is 47.2 Å². The van der Waals surface area contributed by atoms with Gasteiger partial charge in [0.25, 0.3) is 11.8 Å². The van der Waals surface area contributed by atoms with Crippen LogP contribution in [0.2, 0.25) is 10.0 Å². The minimum Gasteiger partial charge on any atom is -0.506 e. The number of phenols is 1. The quantitative estimate of drug-likeness (QED) is 0.569. The van der Waals surface area contributed by atoms with Crippen LogP contribution in [0.25, 0.3) is 6.08 Å². The number of carbonyl (C=O) groups is 2. The van der Waals surface area contributed by atoms with Crippen LogP contribution in [0.5, 0.6) is 5.75 Å². The first kappa shape index (κ1) is 18.7. The van der Waals surface area contributed by atoms with Crippen LogP contribution in [-0.2, 0) is 4.79 Å². The molecule has 0 bridgehead atoms. The topological polar surface area (TPSA) is 69.6 Å². The zero-order valence-corrected chi connectivity index (χ0v) is 16.0. The van der Waals surface area contributed by atoms with Crippen molar-refractivity contribution in [3.8, 4) is 5.75 Å². The number of rotatable bonds is 3. The summed E-state index contributed by atoms with van der Waals surface area (Å²) in [7, 11) is 0. The average Bonchev–Trinajstić information content (AvgIpc) is 2.86. The molecule has 26 heavy (non-hydrogen) atoms. The molecule has 0 aromatic heterocycles. The molecule has 5 nitrogen and oxygen atoms in total. The van der Waals surface area contributed by atoms with Gasteiger partial charge < -0.3 is 5.11 Å². The molecule has 1 aliphatic heterocycles. The second-order valence-corrected chi connectivity index (χ2v) is 7.70. The van der Waals surface area contributed by atoms with Crippen molar-refractivity contribution in [3.05, 3.63) is 68.5 Å². The molecule has 0 saturated carbocycles. The van der Waals surface area contributed by atoms with Gasteiger partial charge in [-0.1, -0.05) is 41.0 Å². The first-order chi connectivity index (χ1) is 12.3. The first-order valence-corrected chi connectivity index (χ1v) is 9.16. The molecule has 0 aliphatic carbocycles. The van der Waals surface area contributed by atoms with Gasteiger partial charge in [-0.05, 0) is 60.3 Å². The second-order valence-electron chi connectivity index (χ2n) is 5.18. The summed E-state index contributed by atoms with van der Waals surface area (Å²) in [6.07, 6.45) is 1.58. The van der Waals surface area contributed by atoms with Crippen molar-refractivity contribution in [2.24, 2.45) is 0 Å². The fourth-order valence-electron chi connectivity index (χ4n) is 2.10. The van der Waals surface area contributed by atoms with Crippen LogP contribution < -0.4 is 5.43 Å². The van der Waals surface area contributed by atoms with Crippen molar-refractivity contribution in [3.63, 3.8) is 0 Å². The van der Waals surface area contributed by atoms with Crippen LogP contribution in [0.4, 0.5) is 0 Å². The van der Waals surface area contributed by atoms with Gasteiger partial charge >= 0.3 is 0 Å². The number of aromatic hydroxyl groups is 1. The van der Waals surface area contributed by atoms with E-state index in [1.807, 2.05) is 0 Å². The summed E-state index contributed by atoms with van der Waals surface area (Å²) in [6.45, 7) is 0. The van der Waals surface area contributed by atoms with Gasteiger partial charge in [-0.3, -0.25) is 15.0 Å². The summed E-state index contributed by atoms with van der Waals surface area (Å²) >= 11 is 17.9. The second kappa shape index (κ2) is 7.67. The Kier molecular flexibility index (Phi) is 5.52. The number of thiocarbonyl (C=S) groups is 1. The molecule has 2 N–H and O–H groups in total. The van der Waals surface area contributed by atoms with Crippen LogP contribution in [0.3, 0.4) is 0 Å². The van der Waals surface area contributed by atoms with Crippen LogP contribution in [0, 0.1) is 0 Å². The number of halogens is 2. The molecule has 2 amide bonds. The van der Waals surface area contributed by atoms with E-state index in [9.17, 15) is 14.7 Å². The Morgan fingerprint density at radius 1 is 1.19 bits per heavy atom. The van der Waals surface area contributed by atoms with Gasteiger partial charge in [-0.25, -0.2) is 0 Å². The molecular weight excluding hydrogens is 415 g/mol. The molecule has 1 aliphatic rings. The molecule has 1 saturated heterocycles. The zero-order chi connectivity index (χ0) is 18.8. The van der Waals surface area contributed by atoms with E-state index < -0.39 is 11.8 Å². The molecule has 9 heteroatoms. The third kappa shape index (κ3) is 4.02. The summed E-state index contributed by atoms with van der Waals surface area (Å²) in [5.41, 5.74) is 3.45. The van der Waals surface area contributed by atoms with Crippen LogP contribution in [0.15, 0.2) is 47.4 Å². The summed E-state index contributed by atoms with van der Waals surface area (Å²) in [5, 5.41) is 11.1. The van der Waals surface area contributed by atoms with Crippen molar-refractivity contribution < 1.29 is 14.7 Å². The van der Waals surface area contributed by atoms with Gasteiger partial charge in [0.2, 0.25) is 0 Å². The number of nitrogens with one attached hydrogen (secondary N) is 1. The Balaban J connectivity index is 1.78. The Hall–Kier alpha value is -2.06. The van der Waals surface area contributed by atoms with E-state index in [1.165, 1.54) is 12.1 Å². The normalized spacial score (nSPS) is 15.6. The fraction of sp³-hybridized carbons (Fsp3) is 0. The minimum atomic E-state index is -0.480. The predicted molar refractivity (Wildman–Crippen MR) is 107 cm³/mol. The van der Waals surface area contributed by atoms with Gasteiger partial charge in [0, 0.05) is 10.6 Å². The number of benzene rings is 2. The van der Waals surface area contributed by atoms with Gasteiger partial charge in [0.1, 0.15) is 5.75 Å². The van der Waals surface area contributed by atoms with Gasteiger partial charge in [-0.2, -0.15) is 5.01 Å². The van der Waals surface area contributed by atoms with Gasteiger partial charge in [-0.15, -0.1) is 0 Å². The smallest absolute Gasteiger partial charge is 0.285 e. The summed E-state index contributed by atoms with van der Waals surface area (Å²) in [5.74, 6) is -0.981. The van der Waals surface area contributed by atoms with Gasteiger partial charge in [0.05, 0.1) is 9.93 Å². The van der Waals surface area contributed by atoms with Crippen molar-refractivity contribution >= 4 is 69.4 Å². The predicted octanol–water partition coefficient (Wildman–Crippen LogP) is 4.25. The first-order valence-electron chi connectivity index (χ1n) is 7.18. The maximum Gasteiger partial charge on any atom is 0.285 e. The average molecular weight is 425 g/mol. The summed E-state index contributed by atoms with van der Waals surface area (Å²) < 4.78 is 0.202. The number of carbonyl (C=O) groups excluding carboxylic acids is 2. The highest BCUT2D eigenvalue weighted by Crippen LogP contribution is 2.33.